The third kappa shape index (κ3) is 5.38. The zero-order valence-corrected chi connectivity index (χ0v) is 19.6. The van der Waals surface area contributed by atoms with Gasteiger partial charge in [-0.3, -0.25) is 19.5 Å². The summed E-state index contributed by atoms with van der Waals surface area (Å²) in [4.78, 5) is 43.7. The van der Waals surface area contributed by atoms with Crippen LogP contribution in [0.15, 0.2) is 59.7 Å². The summed E-state index contributed by atoms with van der Waals surface area (Å²) in [5, 5.41) is 5.25. The van der Waals surface area contributed by atoms with E-state index in [1.54, 1.807) is 31.5 Å². The third-order valence-corrected chi connectivity index (χ3v) is 5.87. The number of hydrogen-bond donors (Lipinski definition) is 2. The fourth-order valence-corrected chi connectivity index (χ4v) is 3.93. The molecule has 3 aromatic rings. The molecular weight excluding hydrogens is 453 g/mol. The normalized spacial score (nSPS) is 17.3. The van der Waals surface area contributed by atoms with E-state index < -0.39 is 23.8 Å². The highest BCUT2D eigenvalue weighted by Crippen LogP contribution is 2.24. The van der Waals surface area contributed by atoms with Crippen LogP contribution in [0.3, 0.4) is 0 Å². The van der Waals surface area contributed by atoms with Crippen molar-refractivity contribution in [2.75, 3.05) is 24.3 Å². The van der Waals surface area contributed by atoms with Gasteiger partial charge in [0.05, 0.1) is 17.5 Å². The van der Waals surface area contributed by atoms with E-state index >= 15 is 0 Å². The van der Waals surface area contributed by atoms with Gasteiger partial charge in [0, 0.05) is 44.6 Å². The molecule has 9 nitrogen and oxygen atoms in total. The summed E-state index contributed by atoms with van der Waals surface area (Å²) in [6.07, 6.45) is 3.10. The fourth-order valence-electron chi connectivity index (χ4n) is 3.93. The highest BCUT2D eigenvalue weighted by atomic mass is 19.1. The molecular formula is C25H26FN5O4. The van der Waals surface area contributed by atoms with Crippen LogP contribution >= 0.6 is 0 Å². The lowest BCUT2D eigenvalue weighted by Crippen LogP contribution is -2.45. The average molecular weight is 480 g/mol. The molecule has 0 unspecified atom stereocenters. The molecule has 182 valence electrons. The van der Waals surface area contributed by atoms with Gasteiger partial charge >= 0.3 is 6.03 Å². The first kappa shape index (κ1) is 24.1. The van der Waals surface area contributed by atoms with Crippen LogP contribution in [0.1, 0.15) is 17.5 Å². The number of hydrogen-bond acceptors (Lipinski definition) is 5. The second-order valence-corrected chi connectivity index (χ2v) is 8.48. The monoisotopic (exact) mass is 479 g/mol. The Morgan fingerprint density at radius 1 is 1.09 bits per heavy atom. The average Bonchev–Trinajstić information content (AvgIpc) is 3.27. The van der Waals surface area contributed by atoms with E-state index in [1.807, 2.05) is 13.0 Å². The number of urea groups is 1. The van der Waals surface area contributed by atoms with E-state index in [4.69, 9.17) is 4.74 Å². The lowest BCUT2D eigenvalue weighted by atomic mass is 10.1. The Kier molecular flexibility index (Phi) is 6.92. The molecule has 1 aromatic carbocycles. The summed E-state index contributed by atoms with van der Waals surface area (Å²) < 4.78 is 21.5. The molecule has 1 saturated heterocycles. The van der Waals surface area contributed by atoms with E-state index in [2.05, 4.69) is 15.6 Å². The molecule has 2 N–H and O–H groups in total. The Morgan fingerprint density at radius 3 is 2.54 bits per heavy atom. The number of carbonyl (C=O) groups is 2. The number of nitrogens with zero attached hydrogens (tertiary/aromatic N) is 3. The van der Waals surface area contributed by atoms with Crippen LogP contribution in [-0.4, -0.2) is 52.2 Å². The van der Waals surface area contributed by atoms with Crippen molar-refractivity contribution in [1.29, 1.82) is 0 Å². The molecule has 35 heavy (non-hydrogen) atoms. The van der Waals surface area contributed by atoms with Gasteiger partial charge in [-0.25, -0.2) is 14.2 Å². The Bertz CT molecular complexity index is 1310. The van der Waals surface area contributed by atoms with Crippen molar-refractivity contribution in [2.45, 2.75) is 32.4 Å². The first-order valence-corrected chi connectivity index (χ1v) is 11.1. The van der Waals surface area contributed by atoms with Crippen LogP contribution in [0, 0.1) is 19.7 Å². The maximum atomic E-state index is 14.9. The van der Waals surface area contributed by atoms with E-state index in [9.17, 15) is 18.8 Å². The summed E-state index contributed by atoms with van der Waals surface area (Å²) in [5.74, 6) is -0.895. The summed E-state index contributed by atoms with van der Waals surface area (Å²) in [6.45, 7) is 3.88. The lowest BCUT2D eigenvalue weighted by molar-refractivity contribution is -0.119. The van der Waals surface area contributed by atoms with Gasteiger partial charge in [-0.05, 0) is 49.2 Å². The van der Waals surface area contributed by atoms with Crippen LogP contribution in [0.2, 0.25) is 0 Å². The molecule has 0 aliphatic carbocycles. The van der Waals surface area contributed by atoms with E-state index in [0.29, 0.717) is 11.5 Å². The van der Waals surface area contributed by atoms with E-state index in [1.165, 1.54) is 40.8 Å². The molecule has 3 amide bonds. The molecule has 1 aliphatic rings. The minimum Gasteiger partial charge on any atom is -0.380 e. The minimum atomic E-state index is -0.871. The van der Waals surface area contributed by atoms with Gasteiger partial charge < -0.3 is 15.0 Å². The second kappa shape index (κ2) is 10.1. The van der Waals surface area contributed by atoms with Gasteiger partial charge in [0.1, 0.15) is 17.7 Å². The third-order valence-electron chi connectivity index (χ3n) is 5.87. The number of carbonyl (C=O) groups excluding carboxylic acids is 2. The van der Waals surface area contributed by atoms with Crippen LogP contribution in [0.5, 0.6) is 0 Å². The standard InChI is InChI=1S/C25H26FN5O4/c1-15-8-9-30(23(32)10-15)17-5-6-20(19(26)11-17)28-24(33)21-12-18(35-3)14-31(21)25(34)29-22-7-4-16(2)13-27-22/h4-11,13,18,21H,12,14H2,1-3H3,(H,28,33)(H,27,29,34)/t18-,21-/m1/s1. The van der Waals surface area contributed by atoms with Gasteiger partial charge in [0.15, 0.2) is 0 Å². The van der Waals surface area contributed by atoms with Crippen molar-refractivity contribution < 1.29 is 18.7 Å². The number of halogens is 1. The van der Waals surface area contributed by atoms with Gasteiger partial charge in [-0.1, -0.05) is 6.07 Å². The van der Waals surface area contributed by atoms with Crippen molar-refractivity contribution in [3.8, 4) is 5.69 Å². The maximum Gasteiger partial charge on any atom is 0.323 e. The minimum absolute atomic E-state index is 0.0552. The van der Waals surface area contributed by atoms with E-state index in [-0.39, 0.29) is 30.3 Å². The largest absolute Gasteiger partial charge is 0.380 e. The van der Waals surface area contributed by atoms with Crippen molar-refractivity contribution in [2.24, 2.45) is 0 Å². The number of nitrogens with one attached hydrogen (secondary N) is 2. The van der Waals surface area contributed by atoms with Crippen molar-refractivity contribution in [3.63, 3.8) is 0 Å². The van der Waals surface area contributed by atoms with Crippen LogP contribution in [-0.2, 0) is 9.53 Å². The zero-order chi connectivity index (χ0) is 25.1. The highest BCUT2D eigenvalue weighted by molar-refractivity contribution is 5.99. The summed E-state index contributed by atoms with van der Waals surface area (Å²) in [5.41, 5.74) is 1.73. The number of amides is 3. The van der Waals surface area contributed by atoms with Gasteiger partial charge in [0.2, 0.25) is 5.91 Å². The fraction of sp³-hybridized carbons (Fsp3) is 0.280. The number of likely N-dealkylation sites (tertiary alicyclic amines) is 1. The Labute approximate surface area is 201 Å². The molecule has 2 aromatic heterocycles. The molecule has 0 radical (unpaired) electrons. The number of aryl methyl sites for hydroxylation is 2. The SMILES string of the molecule is CO[C@@H]1C[C@H](C(=O)Nc2ccc(-n3ccc(C)cc3=O)cc2F)N(C(=O)Nc2ccc(C)cn2)C1. The van der Waals surface area contributed by atoms with Gasteiger partial charge in [-0.2, -0.15) is 0 Å². The molecule has 0 bridgehead atoms. The van der Waals surface area contributed by atoms with Crippen molar-refractivity contribution >= 4 is 23.4 Å². The second-order valence-electron chi connectivity index (χ2n) is 8.48. The number of ether oxygens (including phenoxy) is 1. The van der Waals surface area contributed by atoms with Crippen LogP contribution in [0.25, 0.3) is 5.69 Å². The number of methoxy groups -OCH3 is 1. The predicted octanol–water partition coefficient (Wildman–Crippen LogP) is 3.25. The molecule has 0 saturated carbocycles. The maximum absolute atomic E-state index is 14.9. The summed E-state index contributed by atoms with van der Waals surface area (Å²) in [7, 11) is 1.51. The van der Waals surface area contributed by atoms with Gasteiger partial charge in [-0.15, -0.1) is 0 Å². The van der Waals surface area contributed by atoms with Crippen LogP contribution < -0.4 is 16.2 Å². The molecule has 0 spiro atoms. The smallest absolute Gasteiger partial charge is 0.323 e. The summed E-state index contributed by atoms with van der Waals surface area (Å²) in [6, 6.07) is 9.40. The zero-order valence-electron chi connectivity index (χ0n) is 19.6. The molecule has 2 atom stereocenters. The van der Waals surface area contributed by atoms with Crippen molar-refractivity contribution in [3.05, 3.63) is 82.2 Å². The number of benzene rings is 1. The molecule has 1 aliphatic heterocycles. The lowest BCUT2D eigenvalue weighted by Gasteiger charge is -2.24. The Hall–Kier alpha value is -4.05. The Balaban J connectivity index is 1.50. The highest BCUT2D eigenvalue weighted by Gasteiger charge is 2.40. The first-order valence-electron chi connectivity index (χ1n) is 11.1. The first-order chi connectivity index (χ1) is 16.7. The number of anilines is 2. The molecule has 1 fully saturated rings. The topological polar surface area (TPSA) is 106 Å². The quantitative estimate of drug-likeness (QED) is 0.585. The molecule has 10 heteroatoms. The molecule has 3 heterocycles. The number of rotatable bonds is 5. The predicted molar refractivity (Wildman–Crippen MR) is 129 cm³/mol. The van der Waals surface area contributed by atoms with E-state index in [0.717, 1.165) is 11.1 Å². The molecule has 4 rings (SSSR count). The summed E-state index contributed by atoms with van der Waals surface area (Å²) >= 11 is 0. The van der Waals surface area contributed by atoms with Crippen molar-refractivity contribution in [1.82, 2.24) is 14.5 Å². The van der Waals surface area contributed by atoms with Crippen LogP contribution in [0.4, 0.5) is 20.7 Å². The number of pyridine rings is 2. The van der Waals surface area contributed by atoms with Gasteiger partial charge in [0.25, 0.3) is 5.56 Å². The Morgan fingerprint density at radius 2 is 1.89 bits per heavy atom. The number of aromatic nitrogens is 2.